The molecular formula is C15H18ClF4N. The van der Waals surface area contributed by atoms with Gasteiger partial charge in [-0.25, -0.2) is 4.39 Å². The van der Waals surface area contributed by atoms with E-state index in [0.717, 1.165) is 0 Å². The van der Waals surface area contributed by atoms with Gasteiger partial charge in [-0.05, 0) is 50.2 Å². The van der Waals surface area contributed by atoms with Gasteiger partial charge in [-0.3, -0.25) is 0 Å². The molecule has 1 atom stereocenters. The van der Waals surface area contributed by atoms with Crippen LogP contribution in [0.3, 0.4) is 0 Å². The summed E-state index contributed by atoms with van der Waals surface area (Å²) >= 11 is 5.95. The summed E-state index contributed by atoms with van der Waals surface area (Å²) in [5.41, 5.74) is 6.42. The van der Waals surface area contributed by atoms with Gasteiger partial charge in [0.05, 0.1) is 5.92 Å². The Labute approximate surface area is 126 Å². The molecule has 0 amide bonds. The van der Waals surface area contributed by atoms with Crippen LogP contribution in [0.15, 0.2) is 18.2 Å². The van der Waals surface area contributed by atoms with Crippen LogP contribution >= 0.6 is 11.6 Å². The molecule has 1 aliphatic rings. The third-order valence-corrected chi connectivity index (χ3v) is 4.70. The first-order valence-corrected chi connectivity index (χ1v) is 7.42. The van der Waals surface area contributed by atoms with Crippen molar-refractivity contribution in [2.75, 3.05) is 0 Å². The number of alkyl halides is 3. The zero-order chi connectivity index (χ0) is 15.6. The number of nitrogens with two attached hydrogens (primary N) is 1. The molecular weight excluding hydrogens is 306 g/mol. The molecule has 118 valence electrons. The molecule has 21 heavy (non-hydrogen) atoms. The van der Waals surface area contributed by atoms with Gasteiger partial charge in [-0.1, -0.05) is 17.7 Å². The predicted octanol–water partition coefficient (Wildman–Crippen LogP) is 4.72. The first-order valence-electron chi connectivity index (χ1n) is 7.04. The molecule has 0 spiro atoms. The normalized spacial score (nSPS) is 24.9. The van der Waals surface area contributed by atoms with Crippen LogP contribution < -0.4 is 5.73 Å². The van der Waals surface area contributed by atoms with Crippen LogP contribution in [0, 0.1) is 17.7 Å². The summed E-state index contributed by atoms with van der Waals surface area (Å²) in [7, 11) is 0. The Morgan fingerprint density at radius 3 is 2.33 bits per heavy atom. The van der Waals surface area contributed by atoms with Crippen molar-refractivity contribution in [2.45, 2.75) is 44.3 Å². The SMILES string of the molecule is NC(Cc1c(F)cccc1Cl)C1CCC(C(F)(F)F)CC1. The maximum absolute atomic E-state index is 13.7. The summed E-state index contributed by atoms with van der Waals surface area (Å²) < 4.78 is 51.6. The molecule has 1 aliphatic carbocycles. The summed E-state index contributed by atoms with van der Waals surface area (Å²) in [4.78, 5) is 0. The van der Waals surface area contributed by atoms with Crippen LogP contribution in [-0.4, -0.2) is 12.2 Å². The lowest BCUT2D eigenvalue weighted by Gasteiger charge is -2.33. The molecule has 0 saturated heterocycles. The molecule has 0 heterocycles. The Morgan fingerprint density at radius 2 is 1.81 bits per heavy atom. The van der Waals surface area contributed by atoms with Crippen molar-refractivity contribution < 1.29 is 17.6 Å². The number of hydrogen-bond donors (Lipinski definition) is 1. The number of halogens is 5. The summed E-state index contributed by atoms with van der Waals surface area (Å²) in [5, 5.41) is 0.314. The predicted molar refractivity (Wildman–Crippen MR) is 74.6 cm³/mol. The highest BCUT2D eigenvalue weighted by Gasteiger charge is 2.42. The van der Waals surface area contributed by atoms with E-state index in [1.807, 2.05) is 0 Å². The maximum Gasteiger partial charge on any atom is 0.391 e. The maximum atomic E-state index is 13.7. The zero-order valence-electron chi connectivity index (χ0n) is 11.5. The lowest BCUT2D eigenvalue weighted by atomic mass is 9.77. The van der Waals surface area contributed by atoms with Crippen LogP contribution in [0.4, 0.5) is 17.6 Å². The molecule has 2 N–H and O–H groups in total. The van der Waals surface area contributed by atoms with E-state index in [0.29, 0.717) is 23.4 Å². The molecule has 0 radical (unpaired) electrons. The third-order valence-electron chi connectivity index (χ3n) is 4.34. The van der Waals surface area contributed by atoms with Crippen molar-refractivity contribution in [1.29, 1.82) is 0 Å². The smallest absolute Gasteiger partial charge is 0.327 e. The van der Waals surface area contributed by atoms with E-state index in [1.165, 1.54) is 12.1 Å². The van der Waals surface area contributed by atoms with Crippen molar-refractivity contribution in [3.63, 3.8) is 0 Å². The molecule has 1 saturated carbocycles. The van der Waals surface area contributed by atoms with Gasteiger partial charge >= 0.3 is 6.18 Å². The summed E-state index contributed by atoms with van der Waals surface area (Å²) in [6.45, 7) is 0. The van der Waals surface area contributed by atoms with Gasteiger partial charge < -0.3 is 5.73 Å². The Hall–Kier alpha value is -0.810. The second-order valence-corrected chi connectivity index (χ2v) is 6.13. The Morgan fingerprint density at radius 1 is 1.19 bits per heavy atom. The first-order chi connectivity index (χ1) is 9.79. The lowest BCUT2D eigenvalue weighted by Crippen LogP contribution is -2.37. The van der Waals surface area contributed by atoms with E-state index in [4.69, 9.17) is 17.3 Å². The minimum absolute atomic E-state index is 0.0146. The van der Waals surface area contributed by atoms with E-state index >= 15 is 0 Å². The van der Waals surface area contributed by atoms with Crippen LogP contribution in [0.25, 0.3) is 0 Å². The number of rotatable bonds is 3. The van der Waals surface area contributed by atoms with Crippen LogP contribution in [0.2, 0.25) is 5.02 Å². The fraction of sp³-hybridized carbons (Fsp3) is 0.600. The van der Waals surface area contributed by atoms with Gasteiger partial charge in [0.1, 0.15) is 5.82 Å². The highest BCUT2D eigenvalue weighted by molar-refractivity contribution is 6.31. The highest BCUT2D eigenvalue weighted by Crippen LogP contribution is 2.40. The third kappa shape index (κ3) is 4.10. The van der Waals surface area contributed by atoms with E-state index in [9.17, 15) is 17.6 Å². The van der Waals surface area contributed by atoms with Crippen molar-refractivity contribution in [3.05, 3.63) is 34.6 Å². The number of benzene rings is 1. The average Bonchev–Trinajstić information content (AvgIpc) is 2.42. The van der Waals surface area contributed by atoms with Gasteiger partial charge in [-0.2, -0.15) is 13.2 Å². The molecule has 1 aromatic rings. The lowest BCUT2D eigenvalue weighted by molar-refractivity contribution is -0.184. The Kier molecular flexibility index (Phi) is 5.15. The van der Waals surface area contributed by atoms with Gasteiger partial charge in [0, 0.05) is 16.6 Å². The Bertz CT molecular complexity index is 461. The fourth-order valence-electron chi connectivity index (χ4n) is 3.00. The van der Waals surface area contributed by atoms with Crippen molar-refractivity contribution in [1.82, 2.24) is 0 Å². The van der Waals surface area contributed by atoms with E-state index in [1.54, 1.807) is 6.07 Å². The molecule has 1 unspecified atom stereocenters. The largest absolute Gasteiger partial charge is 0.391 e. The standard InChI is InChI=1S/C15H18ClF4N/c16-12-2-1-3-13(17)11(12)8-14(21)9-4-6-10(7-5-9)15(18,19)20/h1-3,9-10,14H,4-8,21H2. The molecule has 2 rings (SSSR count). The minimum Gasteiger partial charge on any atom is -0.327 e. The fourth-order valence-corrected chi connectivity index (χ4v) is 3.24. The molecule has 0 bridgehead atoms. The van der Waals surface area contributed by atoms with Crippen LogP contribution in [0.1, 0.15) is 31.2 Å². The van der Waals surface area contributed by atoms with Crippen LogP contribution in [0.5, 0.6) is 0 Å². The molecule has 1 fully saturated rings. The number of hydrogen-bond acceptors (Lipinski definition) is 1. The summed E-state index contributed by atoms with van der Waals surface area (Å²) in [6, 6.07) is 4.05. The highest BCUT2D eigenvalue weighted by atomic mass is 35.5. The van der Waals surface area contributed by atoms with E-state index < -0.39 is 17.9 Å². The summed E-state index contributed by atoms with van der Waals surface area (Å²) in [6.07, 6.45) is -2.80. The quantitative estimate of drug-likeness (QED) is 0.800. The van der Waals surface area contributed by atoms with E-state index in [2.05, 4.69) is 0 Å². The van der Waals surface area contributed by atoms with Crippen molar-refractivity contribution in [3.8, 4) is 0 Å². The molecule has 0 aliphatic heterocycles. The van der Waals surface area contributed by atoms with Crippen LogP contribution in [-0.2, 0) is 6.42 Å². The van der Waals surface area contributed by atoms with Crippen molar-refractivity contribution in [2.24, 2.45) is 17.6 Å². The molecule has 0 aromatic heterocycles. The minimum atomic E-state index is -4.12. The first kappa shape index (κ1) is 16.6. The topological polar surface area (TPSA) is 26.0 Å². The molecule has 1 aromatic carbocycles. The van der Waals surface area contributed by atoms with Gasteiger partial charge in [0.2, 0.25) is 0 Å². The van der Waals surface area contributed by atoms with Gasteiger partial charge in [0.15, 0.2) is 0 Å². The summed E-state index contributed by atoms with van der Waals surface area (Å²) in [5.74, 6) is -1.65. The van der Waals surface area contributed by atoms with E-state index in [-0.39, 0.29) is 31.2 Å². The second kappa shape index (κ2) is 6.53. The van der Waals surface area contributed by atoms with Gasteiger partial charge in [-0.15, -0.1) is 0 Å². The Balaban J connectivity index is 1.95. The monoisotopic (exact) mass is 323 g/mol. The van der Waals surface area contributed by atoms with Crippen molar-refractivity contribution >= 4 is 11.6 Å². The van der Waals surface area contributed by atoms with Gasteiger partial charge in [0.25, 0.3) is 0 Å². The molecule has 1 nitrogen and oxygen atoms in total. The average molecular weight is 324 g/mol. The zero-order valence-corrected chi connectivity index (χ0v) is 12.2. The second-order valence-electron chi connectivity index (χ2n) is 5.72. The molecule has 6 heteroatoms.